The van der Waals surface area contributed by atoms with Crippen molar-refractivity contribution in [2.75, 3.05) is 6.54 Å². The van der Waals surface area contributed by atoms with E-state index in [-0.39, 0.29) is 25.4 Å². The molecule has 2 heterocycles. The van der Waals surface area contributed by atoms with Crippen molar-refractivity contribution in [3.8, 4) is 11.3 Å². The molecular weight excluding hydrogens is 308 g/mol. The molecule has 114 valence electrons. The van der Waals surface area contributed by atoms with Crippen molar-refractivity contribution in [1.82, 2.24) is 10.1 Å². The summed E-state index contributed by atoms with van der Waals surface area (Å²) >= 11 is 6.10. The molecule has 1 fully saturated rings. The number of aromatic nitrogens is 1. The van der Waals surface area contributed by atoms with Crippen LogP contribution in [0, 0.1) is 5.92 Å². The van der Waals surface area contributed by atoms with Crippen LogP contribution in [0.4, 0.5) is 0 Å². The lowest BCUT2D eigenvalue weighted by atomic mass is 10.1. The average molecular weight is 321 g/mol. The first kappa shape index (κ1) is 14.6. The van der Waals surface area contributed by atoms with Crippen LogP contribution in [0.3, 0.4) is 0 Å². The number of carbonyl (C=O) groups is 2. The minimum absolute atomic E-state index is 0.0323. The Hall–Kier alpha value is -2.34. The summed E-state index contributed by atoms with van der Waals surface area (Å²) in [5.74, 6) is -1.27. The fraction of sp³-hybridized carbons (Fsp3) is 0.267. The van der Waals surface area contributed by atoms with Gasteiger partial charge in [0, 0.05) is 24.6 Å². The van der Waals surface area contributed by atoms with Crippen molar-refractivity contribution in [3.63, 3.8) is 0 Å². The second-order valence-corrected chi connectivity index (χ2v) is 5.58. The number of aliphatic carboxylic acids is 1. The molecular formula is C15H13ClN2O4. The smallest absolute Gasteiger partial charge is 0.308 e. The van der Waals surface area contributed by atoms with Crippen molar-refractivity contribution in [2.45, 2.75) is 13.0 Å². The molecule has 1 N–H and O–H groups in total. The molecule has 2 aromatic rings. The van der Waals surface area contributed by atoms with E-state index in [1.807, 2.05) is 18.2 Å². The van der Waals surface area contributed by atoms with Gasteiger partial charge in [-0.15, -0.1) is 0 Å². The summed E-state index contributed by atoms with van der Waals surface area (Å²) in [6, 6.07) is 8.93. The largest absolute Gasteiger partial charge is 0.481 e. The summed E-state index contributed by atoms with van der Waals surface area (Å²) in [6.07, 6.45) is 0.0323. The average Bonchev–Trinajstić information content (AvgIpc) is 3.08. The van der Waals surface area contributed by atoms with E-state index in [0.29, 0.717) is 16.5 Å². The van der Waals surface area contributed by atoms with Gasteiger partial charge in [-0.2, -0.15) is 0 Å². The molecule has 1 aromatic carbocycles. The number of likely N-dealkylation sites (tertiary alicyclic amines) is 1. The number of nitrogens with zero attached hydrogens (tertiary/aromatic N) is 2. The number of carboxylic acid groups (broad SMARTS) is 1. The van der Waals surface area contributed by atoms with Crippen molar-refractivity contribution >= 4 is 23.5 Å². The number of benzene rings is 1. The lowest BCUT2D eigenvalue weighted by molar-refractivity contribution is -0.141. The third-order valence-corrected chi connectivity index (χ3v) is 3.94. The summed E-state index contributed by atoms with van der Waals surface area (Å²) in [5, 5.41) is 13.4. The van der Waals surface area contributed by atoms with E-state index in [1.54, 1.807) is 12.1 Å². The number of carboxylic acids is 1. The van der Waals surface area contributed by atoms with Gasteiger partial charge in [-0.1, -0.05) is 28.9 Å². The number of hydrogen-bond acceptors (Lipinski definition) is 4. The van der Waals surface area contributed by atoms with E-state index >= 15 is 0 Å². The summed E-state index contributed by atoms with van der Waals surface area (Å²) in [5.41, 5.74) is 1.29. The summed E-state index contributed by atoms with van der Waals surface area (Å²) in [4.78, 5) is 24.2. The van der Waals surface area contributed by atoms with Crippen molar-refractivity contribution in [3.05, 3.63) is 41.0 Å². The zero-order valence-electron chi connectivity index (χ0n) is 11.5. The van der Waals surface area contributed by atoms with Gasteiger partial charge < -0.3 is 14.5 Å². The second kappa shape index (κ2) is 5.81. The predicted octanol–water partition coefficient (Wildman–Crippen LogP) is 2.43. The maximum Gasteiger partial charge on any atom is 0.308 e. The second-order valence-electron chi connectivity index (χ2n) is 5.18. The lowest BCUT2D eigenvalue weighted by Gasteiger charge is -2.13. The van der Waals surface area contributed by atoms with Crippen LogP contribution in [0.5, 0.6) is 0 Å². The molecule has 0 radical (unpaired) electrons. The Labute approximate surface area is 131 Å². The van der Waals surface area contributed by atoms with Crippen molar-refractivity contribution < 1.29 is 19.2 Å². The lowest BCUT2D eigenvalue weighted by Crippen LogP contribution is -2.25. The molecule has 0 aliphatic carbocycles. The molecule has 1 saturated heterocycles. The summed E-state index contributed by atoms with van der Waals surface area (Å²) in [6.45, 7) is 0.430. The van der Waals surface area contributed by atoms with E-state index in [9.17, 15) is 9.59 Å². The van der Waals surface area contributed by atoms with Gasteiger partial charge in [-0.25, -0.2) is 0 Å². The van der Waals surface area contributed by atoms with Crippen LogP contribution in [0.2, 0.25) is 5.02 Å². The maximum atomic E-state index is 11.8. The Morgan fingerprint density at radius 3 is 2.91 bits per heavy atom. The third kappa shape index (κ3) is 2.82. The molecule has 0 bridgehead atoms. The van der Waals surface area contributed by atoms with E-state index in [1.165, 1.54) is 4.90 Å². The van der Waals surface area contributed by atoms with Crippen LogP contribution in [-0.4, -0.2) is 33.6 Å². The van der Waals surface area contributed by atoms with E-state index in [4.69, 9.17) is 21.2 Å². The molecule has 1 aromatic heterocycles. The zero-order chi connectivity index (χ0) is 15.7. The van der Waals surface area contributed by atoms with Gasteiger partial charge in [0.05, 0.1) is 17.5 Å². The fourth-order valence-corrected chi connectivity index (χ4v) is 2.69. The molecule has 0 saturated carbocycles. The van der Waals surface area contributed by atoms with Gasteiger partial charge in [0.2, 0.25) is 5.91 Å². The van der Waals surface area contributed by atoms with Crippen molar-refractivity contribution in [2.24, 2.45) is 5.92 Å². The van der Waals surface area contributed by atoms with Crippen LogP contribution in [0.1, 0.15) is 12.1 Å². The van der Waals surface area contributed by atoms with E-state index in [2.05, 4.69) is 5.16 Å². The number of carbonyl (C=O) groups excluding carboxylic acids is 1. The standard InChI is InChI=1S/C15H13ClN2O4/c16-12-4-2-1-3-11(12)13-6-10(17-22-13)8-18-7-9(15(20)21)5-14(18)19/h1-4,6,9H,5,7-8H2,(H,20,21). The highest BCUT2D eigenvalue weighted by molar-refractivity contribution is 6.33. The van der Waals surface area contributed by atoms with E-state index in [0.717, 1.165) is 5.56 Å². The highest BCUT2D eigenvalue weighted by atomic mass is 35.5. The minimum atomic E-state index is -0.951. The van der Waals surface area contributed by atoms with Crippen LogP contribution in [0.25, 0.3) is 11.3 Å². The monoisotopic (exact) mass is 320 g/mol. The SMILES string of the molecule is O=C(O)C1CC(=O)N(Cc2cc(-c3ccccc3Cl)on2)C1. The number of rotatable bonds is 4. The minimum Gasteiger partial charge on any atom is -0.481 e. The molecule has 6 nitrogen and oxygen atoms in total. The zero-order valence-corrected chi connectivity index (χ0v) is 12.3. The van der Waals surface area contributed by atoms with E-state index < -0.39 is 11.9 Å². The molecule has 1 unspecified atom stereocenters. The quantitative estimate of drug-likeness (QED) is 0.935. The molecule has 1 amide bonds. The van der Waals surface area contributed by atoms with Crippen LogP contribution in [-0.2, 0) is 16.1 Å². The normalized spacial score (nSPS) is 18.0. The molecule has 3 rings (SSSR count). The first-order chi connectivity index (χ1) is 10.5. The Morgan fingerprint density at radius 1 is 1.45 bits per heavy atom. The number of hydrogen-bond donors (Lipinski definition) is 1. The first-order valence-electron chi connectivity index (χ1n) is 6.75. The van der Waals surface area contributed by atoms with Gasteiger partial charge in [0.25, 0.3) is 0 Å². The number of amides is 1. The Bertz CT molecular complexity index is 728. The van der Waals surface area contributed by atoms with Gasteiger partial charge in [-0.3, -0.25) is 9.59 Å². The number of halogens is 1. The van der Waals surface area contributed by atoms with Gasteiger partial charge >= 0.3 is 5.97 Å². The maximum absolute atomic E-state index is 11.8. The topological polar surface area (TPSA) is 83.6 Å². The fourth-order valence-electron chi connectivity index (χ4n) is 2.46. The summed E-state index contributed by atoms with van der Waals surface area (Å²) in [7, 11) is 0. The Balaban J connectivity index is 1.74. The Morgan fingerprint density at radius 2 is 2.23 bits per heavy atom. The predicted molar refractivity (Wildman–Crippen MR) is 78.1 cm³/mol. The highest BCUT2D eigenvalue weighted by Crippen LogP contribution is 2.28. The van der Waals surface area contributed by atoms with Gasteiger partial charge in [0.1, 0.15) is 5.69 Å². The van der Waals surface area contributed by atoms with Crippen LogP contribution < -0.4 is 0 Å². The summed E-state index contributed by atoms with van der Waals surface area (Å²) < 4.78 is 5.26. The van der Waals surface area contributed by atoms with Gasteiger partial charge in [-0.05, 0) is 12.1 Å². The highest BCUT2D eigenvalue weighted by Gasteiger charge is 2.34. The first-order valence-corrected chi connectivity index (χ1v) is 7.13. The van der Waals surface area contributed by atoms with Crippen LogP contribution in [0.15, 0.2) is 34.9 Å². The van der Waals surface area contributed by atoms with Crippen LogP contribution >= 0.6 is 11.6 Å². The molecule has 1 aliphatic rings. The molecule has 22 heavy (non-hydrogen) atoms. The molecule has 7 heteroatoms. The van der Waals surface area contributed by atoms with Gasteiger partial charge in [0.15, 0.2) is 5.76 Å². The molecule has 0 spiro atoms. The Kier molecular flexibility index (Phi) is 3.85. The molecule has 1 aliphatic heterocycles. The van der Waals surface area contributed by atoms with Crippen molar-refractivity contribution in [1.29, 1.82) is 0 Å². The third-order valence-electron chi connectivity index (χ3n) is 3.61. The molecule has 1 atom stereocenters.